The Morgan fingerprint density at radius 1 is 1.38 bits per heavy atom. The van der Waals surface area contributed by atoms with Crippen molar-refractivity contribution in [1.29, 1.82) is 0 Å². The Kier molecular flexibility index (Phi) is 9.11. The van der Waals surface area contributed by atoms with Crippen LogP contribution in [0, 0.1) is 5.95 Å². The molecule has 0 spiro atoms. The summed E-state index contributed by atoms with van der Waals surface area (Å²) in [7, 11) is 0. The SMILES string of the molecule is Cl.Cl.NCCNc1cc(F)ncn1. The average Bonchev–Trinajstić information content (AvgIpc) is 2.01. The number of nitrogens with one attached hydrogen (secondary N) is 1. The molecule has 3 N–H and O–H groups in total. The zero-order chi connectivity index (χ0) is 8.10. The van der Waals surface area contributed by atoms with Gasteiger partial charge in [0.1, 0.15) is 12.1 Å². The van der Waals surface area contributed by atoms with Gasteiger partial charge >= 0.3 is 0 Å². The average molecular weight is 229 g/mol. The number of rotatable bonds is 3. The highest BCUT2D eigenvalue weighted by molar-refractivity contribution is 5.85. The van der Waals surface area contributed by atoms with Gasteiger partial charge in [-0.15, -0.1) is 24.8 Å². The van der Waals surface area contributed by atoms with E-state index in [9.17, 15) is 4.39 Å². The number of hydrogen-bond donors (Lipinski definition) is 2. The number of halogens is 3. The van der Waals surface area contributed by atoms with Gasteiger partial charge < -0.3 is 11.1 Å². The summed E-state index contributed by atoms with van der Waals surface area (Å²) in [5.74, 6) is -0.0810. The second kappa shape index (κ2) is 7.97. The lowest BCUT2D eigenvalue weighted by atomic mass is 10.5. The molecule has 0 aliphatic heterocycles. The molecule has 1 heterocycles. The highest BCUT2D eigenvalue weighted by Gasteiger charge is 1.94. The Morgan fingerprint density at radius 2 is 2.08 bits per heavy atom. The monoisotopic (exact) mass is 228 g/mol. The zero-order valence-corrected chi connectivity index (χ0v) is 8.37. The van der Waals surface area contributed by atoms with Gasteiger partial charge in [0.15, 0.2) is 0 Å². The Balaban J connectivity index is 0. The van der Waals surface area contributed by atoms with Gasteiger partial charge in [0.05, 0.1) is 0 Å². The van der Waals surface area contributed by atoms with Crippen molar-refractivity contribution < 1.29 is 4.39 Å². The van der Waals surface area contributed by atoms with Crippen LogP contribution in [0.25, 0.3) is 0 Å². The van der Waals surface area contributed by atoms with Crippen LogP contribution in [0.15, 0.2) is 12.4 Å². The van der Waals surface area contributed by atoms with E-state index in [4.69, 9.17) is 5.73 Å². The van der Waals surface area contributed by atoms with Gasteiger partial charge in [0.25, 0.3) is 0 Å². The maximum atomic E-state index is 12.4. The molecule has 0 aliphatic rings. The maximum absolute atomic E-state index is 12.4. The molecule has 13 heavy (non-hydrogen) atoms. The van der Waals surface area contributed by atoms with Crippen molar-refractivity contribution in [3.63, 3.8) is 0 Å². The fraction of sp³-hybridized carbons (Fsp3) is 0.333. The number of anilines is 1. The number of nitrogens with two attached hydrogens (primary N) is 1. The lowest BCUT2D eigenvalue weighted by Crippen LogP contribution is -2.14. The van der Waals surface area contributed by atoms with E-state index in [1.807, 2.05) is 0 Å². The molecule has 0 radical (unpaired) electrons. The molecule has 76 valence electrons. The minimum absolute atomic E-state index is 0. The molecule has 7 heteroatoms. The van der Waals surface area contributed by atoms with Crippen molar-refractivity contribution in [2.75, 3.05) is 18.4 Å². The van der Waals surface area contributed by atoms with E-state index in [1.165, 1.54) is 6.07 Å². The molecule has 0 saturated carbocycles. The zero-order valence-electron chi connectivity index (χ0n) is 6.74. The topological polar surface area (TPSA) is 63.8 Å². The third kappa shape index (κ3) is 5.57. The summed E-state index contributed by atoms with van der Waals surface area (Å²) in [6.07, 6.45) is 1.16. The van der Waals surface area contributed by atoms with Crippen LogP contribution >= 0.6 is 24.8 Å². The summed E-state index contributed by atoms with van der Waals surface area (Å²) in [5.41, 5.74) is 5.21. The molecule has 0 amide bonds. The normalized spacial score (nSPS) is 8.15. The first-order valence-electron chi connectivity index (χ1n) is 3.24. The Hall–Kier alpha value is -0.650. The van der Waals surface area contributed by atoms with Gasteiger partial charge in [-0.3, -0.25) is 0 Å². The van der Waals surface area contributed by atoms with Crippen LogP contribution in [-0.2, 0) is 0 Å². The fourth-order valence-electron chi connectivity index (χ4n) is 0.630. The Morgan fingerprint density at radius 3 is 2.62 bits per heavy atom. The lowest BCUT2D eigenvalue weighted by Gasteiger charge is -2.00. The summed E-state index contributed by atoms with van der Waals surface area (Å²) in [6.45, 7) is 1.07. The summed E-state index contributed by atoms with van der Waals surface area (Å²) in [6, 6.07) is 1.22. The van der Waals surface area contributed by atoms with Gasteiger partial charge in [-0.05, 0) is 0 Å². The smallest absolute Gasteiger partial charge is 0.217 e. The van der Waals surface area contributed by atoms with E-state index in [0.717, 1.165) is 6.33 Å². The quantitative estimate of drug-likeness (QED) is 0.753. The number of aromatic nitrogens is 2. The highest BCUT2D eigenvalue weighted by Crippen LogP contribution is 2.00. The minimum Gasteiger partial charge on any atom is -0.369 e. The summed E-state index contributed by atoms with van der Waals surface area (Å²) < 4.78 is 12.4. The second-order valence-corrected chi connectivity index (χ2v) is 1.94. The standard InChI is InChI=1S/C6H9FN4.2ClH/c7-5-3-6(9-2-1-8)11-4-10-5;;/h3-4H,1-2,8H2,(H,9,10,11);2*1H. The van der Waals surface area contributed by atoms with Crippen molar-refractivity contribution >= 4 is 30.6 Å². The van der Waals surface area contributed by atoms with Crippen LogP contribution < -0.4 is 11.1 Å². The molecule has 0 fully saturated rings. The van der Waals surface area contributed by atoms with E-state index < -0.39 is 5.95 Å². The van der Waals surface area contributed by atoms with E-state index in [0.29, 0.717) is 18.9 Å². The predicted octanol–water partition coefficient (Wildman–Crippen LogP) is 0.830. The first kappa shape index (κ1) is 14.9. The first-order chi connectivity index (χ1) is 5.33. The molecule has 0 bridgehead atoms. The van der Waals surface area contributed by atoms with E-state index in [1.54, 1.807) is 0 Å². The largest absolute Gasteiger partial charge is 0.369 e. The van der Waals surface area contributed by atoms with E-state index in [2.05, 4.69) is 15.3 Å². The molecular formula is C6H11Cl2FN4. The molecule has 0 atom stereocenters. The van der Waals surface area contributed by atoms with E-state index >= 15 is 0 Å². The lowest BCUT2D eigenvalue weighted by molar-refractivity contribution is 0.580. The van der Waals surface area contributed by atoms with Crippen LogP contribution in [0.2, 0.25) is 0 Å². The Labute approximate surface area is 88.0 Å². The van der Waals surface area contributed by atoms with Crippen LogP contribution in [0.3, 0.4) is 0 Å². The van der Waals surface area contributed by atoms with Crippen molar-refractivity contribution in [2.24, 2.45) is 5.73 Å². The van der Waals surface area contributed by atoms with Gasteiger partial charge in [0, 0.05) is 19.2 Å². The molecular weight excluding hydrogens is 218 g/mol. The highest BCUT2D eigenvalue weighted by atomic mass is 35.5. The van der Waals surface area contributed by atoms with Crippen LogP contribution in [0.4, 0.5) is 10.2 Å². The van der Waals surface area contributed by atoms with Crippen LogP contribution in [-0.4, -0.2) is 23.1 Å². The predicted molar refractivity (Wildman–Crippen MR) is 54.0 cm³/mol. The molecule has 0 aliphatic carbocycles. The van der Waals surface area contributed by atoms with Crippen molar-refractivity contribution in [1.82, 2.24) is 9.97 Å². The first-order valence-corrected chi connectivity index (χ1v) is 3.24. The van der Waals surface area contributed by atoms with Crippen molar-refractivity contribution in [3.8, 4) is 0 Å². The van der Waals surface area contributed by atoms with E-state index in [-0.39, 0.29) is 24.8 Å². The van der Waals surface area contributed by atoms with Gasteiger partial charge in [-0.25, -0.2) is 9.97 Å². The third-order valence-corrected chi connectivity index (χ3v) is 1.08. The summed E-state index contributed by atoms with van der Waals surface area (Å²) in [4.78, 5) is 7.06. The van der Waals surface area contributed by atoms with Crippen molar-refractivity contribution in [3.05, 3.63) is 18.3 Å². The van der Waals surface area contributed by atoms with Gasteiger partial charge in [-0.1, -0.05) is 0 Å². The molecule has 0 aromatic carbocycles. The second-order valence-electron chi connectivity index (χ2n) is 1.94. The van der Waals surface area contributed by atoms with Gasteiger partial charge in [-0.2, -0.15) is 4.39 Å². The van der Waals surface area contributed by atoms with Gasteiger partial charge in [0.2, 0.25) is 5.95 Å². The fourth-order valence-corrected chi connectivity index (χ4v) is 0.630. The third-order valence-electron chi connectivity index (χ3n) is 1.08. The molecule has 1 rings (SSSR count). The summed E-state index contributed by atoms with van der Waals surface area (Å²) >= 11 is 0. The molecule has 1 aromatic heterocycles. The minimum atomic E-state index is -0.542. The van der Waals surface area contributed by atoms with Crippen LogP contribution in [0.1, 0.15) is 0 Å². The van der Waals surface area contributed by atoms with Crippen molar-refractivity contribution in [2.45, 2.75) is 0 Å². The summed E-state index contributed by atoms with van der Waals surface area (Å²) in [5, 5.41) is 2.82. The molecule has 1 aromatic rings. The molecule has 0 unspecified atom stereocenters. The number of nitrogens with zero attached hydrogens (tertiary/aromatic N) is 2. The molecule has 4 nitrogen and oxygen atoms in total. The Bertz CT molecular complexity index is 236. The van der Waals surface area contributed by atoms with Crippen LogP contribution in [0.5, 0.6) is 0 Å². The maximum Gasteiger partial charge on any atom is 0.217 e. The number of hydrogen-bond acceptors (Lipinski definition) is 4. The molecule has 0 saturated heterocycles.